The molecule has 0 radical (unpaired) electrons. The predicted molar refractivity (Wildman–Crippen MR) is 80.9 cm³/mol. The lowest BCUT2D eigenvalue weighted by molar-refractivity contribution is -0.119. The molecule has 0 fully saturated rings. The molecule has 6 heteroatoms. The maximum absolute atomic E-state index is 11.8. The van der Waals surface area contributed by atoms with Crippen molar-refractivity contribution in [3.63, 3.8) is 0 Å². The summed E-state index contributed by atoms with van der Waals surface area (Å²) in [6.45, 7) is -0.423. The van der Waals surface area contributed by atoms with Crippen LogP contribution in [0, 0.1) is 11.3 Å². The Labute approximate surface area is 127 Å². The molecule has 2 rings (SSSR count). The van der Waals surface area contributed by atoms with Crippen LogP contribution in [-0.4, -0.2) is 18.5 Å². The van der Waals surface area contributed by atoms with Crippen molar-refractivity contribution in [2.45, 2.75) is 0 Å². The lowest BCUT2D eigenvalue weighted by Crippen LogP contribution is -2.21. The number of hydrogen-bond acceptors (Lipinski definition) is 5. The number of carbonyl (C=O) groups excluding carboxylic acids is 2. The van der Waals surface area contributed by atoms with Crippen molar-refractivity contribution in [1.82, 2.24) is 0 Å². The lowest BCUT2D eigenvalue weighted by Gasteiger charge is -2.07. The Balaban J connectivity index is 1.89. The minimum absolute atomic E-state index is 0.216. The molecule has 0 aliphatic heterocycles. The summed E-state index contributed by atoms with van der Waals surface area (Å²) >= 11 is 0. The van der Waals surface area contributed by atoms with Crippen molar-refractivity contribution < 1.29 is 14.3 Å². The number of rotatable bonds is 4. The summed E-state index contributed by atoms with van der Waals surface area (Å²) in [6, 6.07) is 14.8. The topological polar surface area (TPSA) is 105 Å². The van der Waals surface area contributed by atoms with Crippen molar-refractivity contribution in [2.24, 2.45) is 0 Å². The fraction of sp³-hybridized carbons (Fsp3) is 0.0625. The molecule has 0 atom stereocenters. The number of ether oxygens (including phenoxy) is 1. The van der Waals surface area contributed by atoms with Crippen LogP contribution in [0.3, 0.4) is 0 Å². The van der Waals surface area contributed by atoms with Gasteiger partial charge in [-0.2, -0.15) is 5.26 Å². The molecule has 110 valence electrons. The van der Waals surface area contributed by atoms with Gasteiger partial charge in [-0.15, -0.1) is 0 Å². The molecule has 0 spiro atoms. The van der Waals surface area contributed by atoms with Crippen molar-refractivity contribution >= 4 is 23.3 Å². The fourth-order valence-electron chi connectivity index (χ4n) is 1.72. The molecule has 0 saturated carbocycles. The summed E-state index contributed by atoms with van der Waals surface area (Å²) in [5, 5.41) is 11.2. The van der Waals surface area contributed by atoms with Crippen molar-refractivity contribution in [1.29, 1.82) is 5.26 Å². The number of nitriles is 1. The Morgan fingerprint density at radius 2 is 1.82 bits per heavy atom. The van der Waals surface area contributed by atoms with E-state index in [2.05, 4.69) is 5.32 Å². The van der Waals surface area contributed by atoms with E-state index in [-0.39, 0.29) is 5.56 Å². The van der Waals surface area contributed by atoms with Gasteiger partial charge in [-0.3, -0.25) is 4.79 Å². The Kier molecular flexibility index (Phi) is 4.73. The number of para-hydroxylation sites is 1. The van der Waals surface area contributed by atoms with Crippen LogP contribution in [0.4, 0.5) is 11.4 Å². The summed E-state index contributed by atoms with van der Waals surface area (Å²) in [7, 11) is 0. The van der Waals surface area contributed by atoms with Crippen LogP contribution >= 0.6 is 0 Å². The molecule has 0 bridgehead atoms. The third kappa shape index (κ3) is 3.84. The van der Waals surface area contributed by atoms with E-state index in [1.165, 1.54) is 6.07 Å². The molecule has 1 amide bonds. The van der Waals surface area contributed by atoms with E-state index in [0.717, 1.165) is 0 Å². The van der Waals surface area contributed by atoms with Gasteiger partial charge in [0, 0.05) is 11.4 Å². The van der Waals surface area contributed by atoms with E-state index >= 15 is 0 Å². The van der Waals surface area contributed by atoms with Gasteiger partial charge >= 0.3 is 5.97 Å². The largest absolute Gasteiger partial charge is 0.452 e. The van der Waals surface area contributed by atoms with Gasteiger partial charge in [-0.05, 0) is 36.4 Å². The number of nitrogen functional groups attached to an aromatic ring is 1. The first-order valence-corrected chi connectivity index (χ1v) is 6.42. The summed E-state index contributed by atoms with van der Waals surface area (Å²) in [5.41, 5.74) is 7.16. The summed E-state index contributed by atoms with van der Waals surface area (Å²) in [5.74, 6) is -1.14. The predicted octanol–water partition coefficient (Wildman–Crippen LogP) is 1.94. The van der Waals surface area contributed by atoms with E-state index < -0.39 is 18.5 Å². The molecule has 0 unspecified atom stereocenters. The molecule has 6 nitrogen and oxygen atoms in total. The van der Waals surface area contributed by atoms with Gasteiger partial charge in [0.1, 0.15) is 0 Å². The van der Waals surface area contributed by atoms with Crippen LogP contribution in [0.1, 0.15) is 15.9 Å². The average molecular weight is 295 g/mol. The third-order valence-electron chi connectivity index (χ3n) is 2.81. The second-order valence-electron chi connectivity index (χ2n) is 4.40. The van der Waals surface area contributed by atoms with Crippen molar-refractivity contribution in [2.75, 3.05) is 17.7 Å². The molecule has 0 heterocycles. The van der Waals surface area contributed by atoms with Gasteiger partial charge in [0.05, 0.1) is 17.2 Å². The number of nitrogens with two attached hydrogens (primary N) is 1. The first-order chi connectivity index (χ1) is 10.6. The highest BCUT2D eigenvalue weighted by molar-refractivity contribution is 5.98. The molecule has 22 heavy (non-hydrogen) atoms. The van der Waals surface area contributed by atoms with Gasteiger partial charge in [-0.25, -0.2) is 4.79 Å². The zero-order valence-corrected chi connectivity index (χ0v) is 11.6. The molecule has 0 aliphatic rings. The van der Waals surface area contributed by atoms with E-state index in [9.17, 15) is 9.59 Å². The monoisotopic (exact) mass is 295 g/mol. The zero-order valence-electron chi connectivity index (χ0n) is 11.6. The smallest absolute Gasteiger partial charge is 0.340 e. The highest BCUT2D eigenvalue weighted by Crippen LogP contribution is 2.12. The Bertz CT molecular complexity index is 733. The molecule has 0 aromatic heterocycles. The number of anilines is 2. The normalized spacial score (nSPS) is 9.59. The number of carbonyl (C=O) groups is 2. The molecule has 3 N–H and O–H groups in total. The van der Waals surface area contributed by atoms with Gasteiger partial charge < -0.3 is 15.8 Å². The van der Waals surface area contributed by atoms with Crippen LogP contribution in [0.5, 0.6) is 0 Å². The number of nitrogens with zero attached hydrogens (tertiary/aromatic N) is 1. The number of amides is 1. The molecule has 0 aliphatic carbocycles. The first kappa shape index (κ1) is 15.1. The minimum atomic E-state index is -0.659. The van der Waals surface area contributed by atoms with Crippen LogP contribution in [0.25, 0.3) is 0 Å². The summed E-state index contributed by atoms with van der Waals surface area (Å²) in [4.78, 5) is 23.5. The Morgan fingerprint density at radius 3 is 2.45 bits per heavy atom. The maximum atomic E-state index is 11.8. The SMILES string of the molecule is N#Cc1ccc(NC(=O)COC(=O)c2ccccc2N)cc1. The standard InChI is InChI=1S/C16H13N3O3/c17-9-11-5-7-12(8-6-11)19-15(20)10-22-16(21)13-3-1-2-4-14(13)18/h1-8H,10,18H2,(H,19,20). The van der Waals surface area contributed by atoms with Crippen molar-refractivity contribution in [3.8, 4) is 6.07 Å². The third-order valence-corrected chi connectivity index (χ3v) is 2.81. The molecular weight excluding hydrogens is 282 g/mol. The van der Waals surface area contributed by atoms with Crippen LogP contribution in [0.2, 0.25) is 0 Å². The minimum Gasteiger partial charge on any atom is -0.452 e. The number of esters is 1. The van der Waals surface area contributed by atoms with Crippen LogP contribution in [-0.2, 0) is 9.53 Å². The number of nitrogens with one attached hydrogen (secondary N) is 1. The van der Waals surface area contributed by atoms with Crippen LogP contribution in [0.15, 0.2) is 48.5 Å². The molecule has 2 aromatic rings. The average Bonchev–Trinajstić information content (AvgIpc) is 2.54. The second kappa shape index (κ2) is 6.90. The zero-order chi connectivity index (χ0) is 15.9. The summed E-state index contributed by atoms with van der Waals surface area (Å²) < 4.78 is 4.90. The van der Waals surface area contributed by atoms with Crippen molar-refractivity contribution in [3.05, 3.63) is 59.7 Å². The van der Waals surface area contributed by atoms with Gasteiger partial charge in [0.2, 0.25) is 0 Å². The van der Waals surface area contributed by atoms with Gasteiger partial charge in [0.25, 0.3) is 5.91 Å². The van der Waals surface area contributed by atoms with E-state index in [4.69, 9.17) is 15.7 Å². The molecule has 0 saturated heterocycles. The first-order valence-electron chi connectivity index (χ1n) is 6.42. The quantitative estimate of drug-likeness (QED) is 0.662. The highest BCUT2D eigenvalue weighted by Gasteiger charge is 2.12. The van der Waals surface area contributed by atoms with Gasteiger partial charge in [-0.1, -0.05) is 12.1 Å². The fourth-order valence-corrected chi connectivity index (χ4v) is 1.72. The van der Waals surface area contributed by atoms with E-state index in [1.54, 1.807) is 42.5 Å². The maximum Gasteiger partial charge on any atom is 0.340 e. The van der Waals surface area contributed by atoms with E-state index in [1.807, 2.05) is 6.07 Å². The Morgan fingerprint density at radius 1 is 1.14 bits per heavy atom. The second-order valence-corrected chi connectivity index (χ2v) is 4.40. The van der Waals surface area contributed by atoms with Crippen LogP contribution < -0.4 is 11.1 Å². The van der Waals surface area contributed by atoms with E-state index in [0.29, 0.717) is 16.9 Å². The lowest BCUT2D eigenvalue weighted by atomic mass is 10.2. The number of benzene rings is 2. The molecular formula is C16H13N3O3. The van der Waals surface area contributed by atoms with Gasteiger partial charge in [0.15, 0.2) is 6.61 Å². The molecule has 2 aromatic carbocycles. The number of hydrogen-bond donors (Lipinski definition) is 2. The summed E-state index contributed by atoms with van der Waals surface area (Å²) in [6.07, 6.45) is 0. The Hall–Kier alpha value is -3.33. The highest BCUT2D eigenvalue weighted by atomic mass is 16.5.